The average molecular weight is 546 g/mol. The summed E-state index contributed by atoms with van der Waals surface area (Å²) in [6.07, 6.45) is 0.371. The van der Waals surface area contributed by atoms with Gasteiger partial charge < -0.3 is 15.3 Å². The Morgan fingerprint density at radius 2 is 1.76 bits per heavy atom. The van der Waals surface area contributed by atoms with Crippen molar-refractivity contribution in [3.8, 4) is 0 Å². The van der Waals surface area contributed by atoms with Crippen LogP contribution in [0.1, 0.15) is 17.5 Å². The van der Waals surface area contributed by atoms with E-state index in [9.17, 15) is 27.5 Å². The molecule has 1 aliphatic heterocycles. The number of anilines is 1. The summed E-state index contributed by atoms with van der Waals surface area (Å²) in [4.78, 5) is 26.9. The zero-order valence-electron chi connectivity index (χ0n) is 19.7. The lowest BCUT2D eigenvalue weighted by Gasteiger charge is -2.22. The minimum absolute atomic E-state index is 0.0257. The van der Waals surface area contributed by atoms with Gasteiger partial charge in [0.05, 0.1) is 4.90 Å². The number of carbonyl (C=O) groups excluding carboxylic acids is 2. The molecule has 194 valence electrons. The van der Waals surface area contributed by atoms with Crippen LogP contribution in [0.25, 0.3) is 0 Å². The maximum absolute atomic E-state index is 13.5. The molecule has 0 saturated carbocycles. The van der Waals surface area contributed by atoms with Crippen LogP contribution in [0.2, 0.25) is 5.02 Å². The Bertz CT molecular complexity index is 1380. The molecule has 1 fully saturated rings. The van der Waals surface area contributed by atoms with Crippen LogP contribution < -0.4 is 14.9 Å². The summed E-state index contributed by atoms with van der Waals surface area (Å²) in [7, 11) is -3.76. The first-order valence-electron chi connectivity index (χ1n) is 11.5. The molecule has 37 heavy (non-hydrogen) atoms. The quantitative estimate of drug-likeness (QED) is 0.358. The van der Waals surface area contributed by atoms with Gasteiger partial charge in [0.2, 0.25) is 15.6 Å². The minimum atomic E-state index is -3.76. The topological polar surface area (TPSA) is 116 Å². The van der Waals surface area contributed by atoms with Crippen molar-refractivity contribution in [1.82, 2.24) is 10.0 Å². The molecule has 3 aromatic carbocycles. The van der Waals surface area contributed by atoms with E-state index in [0.717, 1.165) is 11.6 Å². The highest BCUT2D eigenvalue weighted by atomic mass is 35.5. The maximum atomic E-state index is 13.5. The van der Waals surface area contributed by atoms with Crippen LogP contribution in [0.4, 0.5) is 10.1 Å². The van der Waals surface area contributed by atoms with Gasteiger partial charge in [-0.2, -0.15) is 0 Å². The summed E-state index contributed by atoms with van der Waals surface area (Å²) < 4.78 is 41.3. The molecule has 11 heteroatoms. The van der Waals surface area contributed by atoms with E-state index in [2.05, 4.69) is 10.0 Å². The SMILES string of the molecule is O=C(NCc1cc(F)cc(Cl)c1)C1(O)CCN(c2ccc(S(=O)(=O)NCCc3ccccc3)cc2)C1=O. The number of nitrogens with zero attached hydrogens (tertiary/aromatic N) is 1. The highest BCUT2D eigenvalue weighted by molar-refractivity contribution is 7.89. The van der Waals surface area contributed by atoms with Crippen molar-refractivity contribution in [2.24, 2.45) is 0 Å². The number of hydrogen-bond donors (Lipinski definition) is 3. The smallest absolute Gasteiger partial charge is 0.268 e. The second-order valence-electron chi connectivity index (χ2n) is 8.65. The number of aliphatic hydroxyl groups is 1. The second kappa shape index (κ2) is 11.0. The fourth-order valence-corrected chi connectivity index (χ4v) is 5.34. The minimum Gasteiger partial charge on any atom is -0.372 e. The first-order valence-corrected chi connectivity index (χ1v) is 13.4. The molecule has 4 rings (SSSR count). The zero-order chi connectivity index (χ0) is 26.6. The van der Waals surface area contributed by atoms with Gasteiger partial charge in [-0.25, -0.2) is 17.5 Å². The van der Waals surface area contributed by atoms with Crippen LogP contribution in [-0.4, -0.2) is 44.0 Å². The third-order valence-corrected chi connectivity index (χ3v) is 7.75. The fraction of sp³-hybridized carbons (Fsp3) is 0.231. The van der Waals surface area contributed by atoms with E-state index < -0.39 is 33.3 Å². The van der Waals surface area contributed by atoms with Crippen molar-refractivity contribution >= 4 is 39.1 Å². The first-order chi connectivity index (χ1) is 17.6. The second-order valence-corrected chi connectivity index (χ2v) is 10.9. The molecule has 1 saturated heterocycles. The Morgan fingerprint density at radius 3 is 2.43 bits per heavy atom. The van der Waals surface area contributed by atoms with Gasteiger partial charge in [-0.3, -0.25) is 9.59 Å². The molecule has 3 N–H and O–H groups in total. The highest BCUT2D eigenvalue weighted by Gasteiger charge is 2.51. The van der Waals surface area contributed by atoms with Crippen LogP contribution in [0.15, 0.2) is 77.7 Å². The lowest BCUT2D eigenvalue weighted by atomic mass is 10.0. The van der Waals surface area contributed by atoms with Crippen LogP contribution in [-0.2, 0) is 32.6 Å². The van der Waals surface area contributed by atoms with Gasteiger partial charge in [-0.1, -0.05) is 41.9 Å². The van der Waals surface area contributed by atoms with Crippen LogP contribution in [0, 0.1) is 5.82 Å². The number of nitrogens with one attached hydrogen (secondary N) is 2. The lowest BCUT2D eigenvalue weighted by molar-refractivity contribution is -0.149. The number of amides is 2. The van der Waals surface area contributed by atoms with Gasteiger partial charge in [0.25, 0.3) is 11.8 Å². The lowest BCUT2D eigenvalue weighted by Crippen LogP contribution is -2.52. The largest absolute Gasteiger partial charge is 0.372 e. The monoisotopic (exact) mass is 545 g/mol. The Balaban J connectivity index is 1.37. The summed E-state index contributed by atoms with van der Waals surface area (Å²) >= 11 is 5.82. The Kier molecular flexibility index (Phi) is 7.93. The standard InChI is InChI=1S/C26H25ClFN3O5S/c27-20-14-19(15-21(28)16-20)17-29-24(32)26(34)11-13-31(25(26)33)22-6-8-23(9-7-22)37(35,36)30-12-10-18-4-2-1-3-5-18/h1-9,14-16,30,34H,10-13,17H2,(H,29,32). The van der Waals surface area contributed by atoms with E-state index in [1.165, 1.54) is 41.3 Å². The number of halogens is 2. The van der Waals surface area contributed by atoms with Crippen molar-refractivity contribution in [2.75, 3.05) is 18.0 Å². The molecule has 8 nitrogen and oxygen atoms in total. The number of hydrogen-bond acceptors (Lipinski definition) is 5. The number of carbonyl (C=O) groups is 2. The zero-order valence-corrected chi connectivity index (χ0v) is 21.2. The molecular formula is C26H25ClFN3O5S. The van der Waals surface area contributed by atoms with E-state index in [1.54, 1.807) is 0 Å². The van der Waals surface area contributed by atoms with Gasteiger partial charge in [-0.05, 0) is 60.0 Å². The molecule has 0 aromatic heterocycles. The van der Waals surface area contributed by atoms with Crippen LogP contribution in [0.3, 0.4) is 0 Å². The van der Waals surface area contributed by atoms with Gasteiger partial charge in [-0.15, -0.1) is 0 Å². The third-order valence-electron chi connectivity index (χ3n) is 6.05. The van der Waals surface area contributed by atoms with E-state index in [-0.39, 0.29) is 36.0 Å². The van der Waals surface area contributed by atoms with Crippen LogP contribution >= 0.6 is 11.6 Å². The van der Waals surface area contributed by atoms with E-state index >= 15 is 0 Å². The number of benzene rings is 3. The summed E-state index contributed by atoms with van der Waals surface area (Å²) in [6, 6.07) is 18.9. The molecule has 0 aliphatic carbocycles. The molecular weight excluding hydrogens is 521 g/mol. The fourth-order valence-electron chi connectivity index (χ4n) is 4.07. The maximum Gasteiger partial charge on any atom is 0.268 e. The Hall–Kier alpha value is -3.31. The first kappa shape index (κ1) is 26.7. The summed E-state index contributed by atoms with van der Waals surface area (Å²) in [5.41, 5.74) is -0.586. The van der Waals surface area contributed by atoms with E-state index in [4.69, 9.17) is 11.6 Å². The van der Waals surface area contributed by atoms with Gasteiger partial charge in [0, 0.05) is 36.8 Å². The van der Waals surface area contributed by atoms with Gasteiger partial charge in [0.15, 0.2) is 0 Å². The molecule has 1 aliphatic rings. The summed E-state index contributed by atoms with van der Waals surface area (Å²) in [5.74, 6) is -2.32. The van der Waals surface area contributed by atoms with Crippen molar-refractivity contribution in [3.05, 3.63) is 94.8 Å². The average Bonchev–Trinajstić information content (AvgIpc) is 3.18. The third kappa shape index (κ3) is 6.16. The molecule has 1 heterocycles. The van der Waals surface area contributed by atoms with Gasteiger partial charge >= 0.3 is 0 Å². The predicted molar refractivity (Wildman–Crippen MR) is 137 cm³/mol. The van der Waals surface area contributed by atoms with Crippen molar-refractivity contribution in [3.63, 3.8) is 0 Å². The number of sulfonamides is 1. The Labute approximate surface area is 219 Å². The Morgan fingerprint density at radius 1 is 1.05 bits per heavy atom. The summed E-state index contributed by atoms with van der Waals surface area (Å²) in [5, 5.41) is 13.4. The molecule has 1 atom stereocenters. The van der Waals surface area contributed by atoms with Gasteiger partial charge in [0.1, 0.15) is 5.82 Å². The van der Waals surface area contributed by atoms with E-state index in [1.807, 2.05) is 30.3 Å². The highest BCUT2D eigenvalue weighted by Crippen LogP contribution is 2.29. The number of rotatable bonds is 9. The molecule has 0 radical (unpaired) electrons. The molecule has 3 aromatic rings. The molecule has 0 spiro atoms. The molecule has 2 amide bonds. The van der Waals surface area contributed by atoms with Crippen molar-refractivity contribution < 1.29 is 27.5 Å². The predicted octanol–water partition coefficient (Wildman–Crippen LogP) is 2.78. The molecule has 0 bridgehead atoms. The normalized spacial score (nSPS) is 17.7. The molecule has 1 unspecified atom stereocenters. The van der Waals surface area contributed by atoms with Crippen molar-refractivity contribution in [1.29, 1.82) is 0 Å². The summed E-state index contributed by atoms with van der Waals surface area (Å²) in [6.45, 7) is 0.147. The van der Waals surface area contributed by atoms with E-state index in [0.29, 0.717) is 17.7 Å². The van der Waals surface area contributed by atoms with Crippen LogP contribution in [0.5, 0.6) is 0 Å². The van der Waals surface area contributed by atoms with Crippen molar-refractivity contribution in [2.45, 2.75) is 29.9 Å².